The maximum atomic E-state index is 12.0. The quantitative estimate of drug-likeness (QED) is 0.739. The smallest absolute Gasteiger partial charge is 0.240 e. The summed E-state index contributed by atoms with van der Waals surface area (Å²) in [5.41, 5.74) is 5.17. The minimum absolute atomic E-state index is 0.0254. The molecule has 0 saturated heterocycles. The summed E-state index contributed by atoms with van der Waals surface area (Å²) in [6, 6.07) is 10.1. The number of hydrogen-bond acceptors (Lipinski definition) is 2. The van der Waals surface area contributed by atoms with Crippen LogP contribution in [0.2, 0.25) is 0 Å². The number of hydrazone groups is 1. The molecular weight excluding hydrogens is 296 g/mol. The van der Waals surface area contributed by atoms with Crippen molar-refractivity contribution in [2.45, 2.75) is 83.5 Å². The molecule has 3 nitrogen and oxygen atoms in total. The number of nitrogens with one attached hydrogen (secondary N) is 1. The lowest BCUT2D eigenvalue weighted by molar-refractivity contribution is -0.121. The summed E-state index contributed by atoms with van der Waals surface area (Å²) >= 11 is 0. The van der Waals surface area contributed by atoms with Gasteiger partial charge in [-0.2, -0.15) is 5.10 Å². The summed E-state index contributed by atoms with van der Waals surface area (Å²) in [5.74, 6) is 0.0254. The molecule has 1 amide bonds. The largest absolute Gasteiger partial charge is 0.273 e. The normalized spacial score (nSPS) is 17.4. The lowest BCUT2D eigenvalue weighted by Gasteiger charge is -2.10. The van der Waals surface area contributed by atoms with Crippen molar-refractivity contribution in [1.82, 2.24) is 5.43 Å². The van der Waals surface area contributed by atoms with Gasteiger partial charge in [0.2, 0.25) is 5.91 Å². The van der Waals surface area contributed by atoms with Crippen LogP contribution in [0.15, 0.2) is 35.4 Å². The molecule has 0 atom stereocenters. The van der Waals surface area contributed by atoms with Crippen LogP contribution in [-0.2, 0) is 11.2 Å². The fraction of sp³-hybridized carbons (Fsp3) is 0.619. The van der Waals surface area contributed by atoms with Crippen LogP contribution in [0.1, 0.15) is 82.6 Å². The number of carbonyl (C=O) groups excluding carboxylic acids is 1. The first kappa shape index (κ1) is 18.7. The maximum Gasteiger partial charge on any atom is 0.240 e. The van der Waals surface area contributed by atoms with E-state index in [1.165, 1.54) is 69.1 Å². The highest BCUT2D eigenvalue weighted by Crippen LogP contribution is 2.15. The van der Waals surface area contributed by atoms with E-state index in [9.17, 15) is 4.79 Å². The molecule has 1 aromatic rings. The van der Waals surface area contributed by atoms with E-state index in [2.05, 4.69) is 22.7 Å². The van der Waals surface area contributed by atoms with E-state index in [-0.39, 0.29) is 5.91 Å². The van der Waals surface area contributed by atoms with Gasteiger partial charge in [0.1, 0.15) is 0 Å². The maximum absolute atomic E-state index is 12.0. The molecule has 1 aliphatic rings. The zero-order valence-electron chi connectivity index (χ0n) is 14.9. The van der Waals surface area contributed by atoms with E-state index in [0.29, 0.717) is 6.42 Å². The first-order valence-corrected chi connectivity index (χ1v) is 9.73. The van der Waals surface area contributed by atoms with Crippen molar-refractivity contribution >= 4 is 11.6 Å². The predicted molar refractivity (Wildman–Crippen MR) is 101 cm³/mol. The van der Waals surface area contributed by atoms with Crippen molar-refractivity contribution in [1.29, 1.82) is 0 Å². The standard InChI is InChI=1S/C21H32N2O/c24-21(18-17-19-13-9-8-10-14-19)23-22-20-15-11-6-4-2-1-3-5-7-12-16-20/h8-10,13-14H,1-7,11-12,15-18H2,(H,23,24). The average molecular weight is 329 g/mol. The number of rotatable bonds is 4. The molecule has 0 aliphatic heterocycles. The molecule has 24 heavy (non-hydrogen) atoms. The Labute approximate surface area is 146 Å². The molecule has 132 valence electrons. The van der Waals surface area contributed by atoms with Crippen LogP contribution >= 0.6 is 0 Å². The molecule has 0 heterocycles. The molecule has 0 spiro atoms. The van der Waals surface area contributed by atoms with Crippen LogP contribution in [0.5, 0.6) is 0 Å². The number of nitrogens with zero attached hydrogens (tertiary/aromatic N) is 1. The van der Waals surface area contributed by atoms with Gasteiger partial charge in [-0.3, -0.25) is 4.79 Å². The highest BCUT2D eigenvalue weighted by atomic mass is 16.2. The van der Waals surface area contributed by atoms with Crippen molar-refractivity contribution in [3.05, 3.63) is 35.9 Å². The number of aryl methyl sites for hydroxylation is 1. The van der Waals surface area contributed by atoms with Crippen molar-refractivity contribution in [2.75, 3.05) is 0 Å². The molecule has 1 saturated carbocycles. The summed E-state index contributed by atoms with van der Waals surface area (Å²) < 4.78 is 0. The van der Waals surface area contributed by atoms with Crippen LogP contribution in [0, 0.1) is 0 Å². The Bertz CT molecular complexity index is 482. The highest BCUT2D eigenvalue weighted by Gasteiger charge is 2.05. The Balaban J connectivity index is 1.74. The van der Waals surface area contributed by atoms with Gasteiger partial charge in [-0.1, -0.05) is 75.3 Å². The number of benzene rings is 1. The first-order chi connectivity index (χ1) is 11.8. The second kappa shape index (κ2) is 11.8. The van der Waals surface area contributed by atoms with Crippen molar-refractivity contribution in [3.63, 3.8) is 0 Å². The van der Waals surface area contributed by atoms with Crippen LogP contribution < -0.4 is 5.43 Å². The van der Waals surface area contributed by atoms with E-state index in [1.807, 2.05) is 18.2 Å². The summed E-state index contributed by atoms with van der Waals surface area (Å²) in [4.78, 5) is 12.0. The first-order valence-electron chi connectivity index (χ1n) is 9.73. The Morgan fingerprint density at radius 2 is 1.38 bits per heavy atom. The Morgan fingerprint density at radius 1 is 0.833 bits per heavy atom. The van der Waals surface area contributed by atoms with Crippen molar-refractivity contribution < 1.29 is 4.79 Å². The number of amides is 1. The molecular formula is C21H32N2O. The summed E-state index contributed by atoms with van der Waals surface area (Å²) in [6.45, 7) is 0. The Hall–Kier alpha value is -1.64. The lowest BCUT2D eigenvalue weighted by atomic mass is 10.00. The van der Waals surface area contributed by atoms with Crippen LogP contribution in [0.3, 0.4) is 0 Å². The third kappa shape index (κ3) is 8.28. The zero-order valence-corrected chi connectivity index (χ0v) is 14.9. The molecule has 1 aliphatic carbocycles. The molecule has 0 aromatic heterocycles. The summed E-state index contributed by atoms with van der Waals surface area (Å²) in [6.07, 6.45) is 15.2. The molecule has 0 radical (unpaired) electrons. The Morgan fingerprint density at radius 3 is 1.96 bits per heavy atom. The lowest BCUT2D eigenvalue weighted by Crippen LogP contribution is -2.20. The fourth-order valence-electron chi connectivity index (χ4n) is 3.23. The number of carbonyl (C=O) groups is 1. The fourth-order valence-corrected chi connectivity index (χ4v) is 3.23. The monoisotopic (exact) mass is 328 g/mol. The van der Waals surface area contributed by atoms with E-state index >= 15 is 0 Å². The van der Waals surface area contributed by atoms with Gasteiger partial charge in [-0.25, -0.2) is 5.43 Å². The van der Waals surface area contributed by atoms with E-state index < -0.39 is 0 Å². The molecule has 2 rings (SSSR count). The van der Waals surface area contributed by atoms with E-state index in [0.717, 1.165) is 19.3 Å². The third-order valence-electron chi connectivity index (χ3n) is 4.75. The van der Waals surface area contributed by atoms with Crippen LogP contribution in [0.4, 0.5) is 0 Å². The van der Waals surface area contributed by atoms with Crippen molar-refractivity contribution in [3.8, 4) is 0 Å². The van der Waals surface area contributed by atoms with Gasteiger partial charge in [-0.15, -0.1) is 0 Å². The van der Waals surface area contributed by atoms with Crippen LogP contribution in [-0.4, -0.2) is 11.6 Å². The summed E-state index contributed by atoms with van der Waals surface area (Å²) in [7, 11) is 0. The van der Waals surface area contributed by atoms with Gasteiger partial charge in [-0.05, 0) is 37.7 Å². The van der Waals surface area contributed by atoms with E-state index in [4.69, 9.17) is 0 Å². The molecule has 3 heteroatoms. The minimum Gasteiger partial charge on any atom is -0.273 e. The molecule has 1 N–H and O–H groups in total. The zero-order chi connectivity index (χ0) is 16.9. The molecule has 0 unspecified atom stereocenters. The van der Waals surface area contributed by atoms with Gasteiger partial charge in [0.05, 0.1) is 0 Å². The second-order valence-corrected chi connectivity index (χ2v) is 6.88. The highest BCUT2D eigenvalue weighted by molar-refractivity contribution is 5.86. The van der Waals surface area contributed by atoms with Crippen molar-refractivity contribution in [2.24, 2.45) is 5.10 Å². The Kier molecular flexibility index (Phi) is 9.21. The molecule has 1 aromatic carbocycles. The summed E-state index contributed by atoms with van der Waals surface area (Å²) in [5, 5.41) is 4.44. The van der Waals surface area contributed by atoms with Crippen LogP contribution in [0.25, 0.3) is 0 Å². The van der Waals surface area contributed by atoms with Gasteiger partial charge in [0.25, 0.3) is 0 Å². The number of hydrogen-bond donors (Lipinski definition) is 1. The van der Waals surface area contributed by atoms with Gasteiger partial charge in [0.15, 0.2) is 0 Å². The predicted octanol–water partition coefficient (Wildman–Crippen LogP) is 5.40. The second-order valence-electron chi connectivity index (χ2n) is 6.88. The third-order valence-corrected chi connectivity index (χ3v) is 4.75. The van der Waals surface area contributed by atoms with E-state index in [1.54, 1.807) is 0 Å². The SMILES string of the molecule is O=C(CCc1ccccc1)NN=C1CCCCCCCCCCC1. The average Bonchev–Trinajstić information content (AvgIpc) is 2.60. The minimum atomic E-state index is 0.0254. The van der Waals surface area contributed by atoms with Gasteiger partial charge in [0, 0.05) is 12.1 Å². The van der Waals surface area contributed by atoms with Gasteiger partial charge < -0.3 is 0 Å². The topological polar surface area (TPSA) is 41.5 Å². The molecule has 1 fully saturated rings. The molecule has 0 bridgehead atoms. The van der Waals surface area contributed by atoms with Gasteiger partial charge >= 0.3 is 0 Å².